The van der Waals surface area contributed by atoms with Crippen LogP contribution in [0.5, 0.6) is 11.5 Å². The molecule has 1 unspecified atom stereocenters. The third-order valence-corrected chi connectivity index (χ3v) is 8.05. The van der Waals surface area contributed by atoms with Gasteiger partial charge in [0.1, 0.15) is 23.3 Å². The molecule has 1 atom stereocenters. The van der Waals surface area contributed by atoms with Gasteiger partial charge in [0.25, 0.3) is 0 Å². The average Bonchev–Trinajstić information content (AvgIpc) is 3.18. The molecule has 1 heterocycles. The van der Waals surface area contributed by atoms with Crippen molar-refractivity contribution in [3.05, 3.63) is 70.5 Å². The van der Waals surface area contributed by atoms with Gasteiger partial charge in [-0.2, -0.15) is 4.72 Å². The molecule has 0 bridgehead atoms. The van der Waals surface area contributed by atoms with E-state index in [2.05, 4.69) is 25.8 Å². The van der Waals surface area contributed by atoms with E-state index in [1.807, 2.05) is 12.1 Å². The van der Waals surface area contributed by atoms with E-state index in [4.69, 9.17) is 9.26 Å². The van der Waals surface area contributed by atoms with Crippen LogP contribution in [0.3, 0.4) is 0 Å². The number of rotatable bonds is 10. The normalized spacial score (nSPS) is 13.0. The first-order valence-electron chi connectivity index (χ1n) is 9.81. The van der Waals surface area contributed by atoms with E-state index in [0.29, 0.717) is 28.7 Å². The number of nitrogens with zero attached hydrogens (tertiary/aromatic N) is 1. The summed E-state index contributed by atoms with van der Waals surface area (Å²) in [6.45, 7) is 5.10. The van der Waals surface area contributed by atoms with Gasteiger partial charge in [0.15, 0.2) is 0 Å². The lowest BCUT2D eigenvalue weighted by Crippen LogP contribution is -2.52. The molecule has 0 spiro atoms. The molecule has 3 rings (SSSR count). The predicted octanol–water partition coefficient (Wildman–Crippen LogP) is 4.98. The van der Waals surface area contributed by atoms with Gasteiger partial charge in [-0.15, -0.1) is 11.8 Å². The molecule has 2 N–H and O–H groups in total. The van der Waals surface area contributed by atoms with Gasteiger partial charge in [-0.3, -0.25) is 4.79 Å². The standard InChI is InChI=1S/C22H23BrN2O6S2/c1-14-12-16(24-31-14)13-32-22(2,3)20(21(26)27)25-33(28,29)19-10-8-18(9-11-19)30-17-6-4-15(23)5-7-17/h4-12,20,25H,13H2,1-3H3,(H,26,27). The molecule has 0 radical (unpaired) electrons. The van der Waals surface area contributed by atoms with Crippen molar-refractivity contribution in [3.8, 4) is 11.5 Å². The van der Waals surface area contributed by atoms with E-state index >= 15 is 0 Å². The van der Waals surface area contributed by atoms with Gasteiger partial charge in [-0.1, -0.05) is 21.1 Å². The zero-order valence-electron chi connectivity index (χ0n) is 18.1. The number of aliphatic carboxylic acids is 1. The van der Waals surface area contributed by atoms with Crippen molar-refractivity contribution >= 4 is 43.7 Å². The number of hydrogen-bond acceptors (Lipinski definition) is 7. The van der Waals surface area contributed by atoms with Gasteiger partial charge in [0.2, 0.25) is 10.0 Å². The summed E-state index contributed by atoms with van der Waals surface area (Å²) in [4.78, 5) is 11.9. The zero-order valence-corrected chi connectivity index (χ0v) is 21.3. The number of sulfonamides is 1. The average molecular weight is 555 g/mol. The SMILES string of the molecule is Cc1cc(CSC(C)(C)C(NS(=O)(=O)c2ccc(Oc3ccc(Br)cc3)cc2)C(=O)O)no1. The van der Waals surface area contributed by atoms with Gasteiger partial charge in [0.05, 0.1) is 10.6 Å². The summed E-state index contributed by atoms with van der Waals surface area (Å²) < 4.78 is 38.8. The summed E-state index contributed by atoms with van der Waals surface area (Å²) >= 11 is 4.62. The Hall–Kier alpha value is -2.34. The molecule has 2 aromatic carbocycles. The van der Waals surface area contributed by atoms with Crippen LogP contribution in [-0.4, -0.2) is 35.4 Å². The quantitative estimate of drug-likeness (QED) is 0.360. The van der Waals surface area contributed by atoms with E-state index in [1.165, 1.54) is 36.0 Å². The molecule has 3 aromatic rings. The molecule has 0 saturated carbocycles. The van der Waals surface area contributed by atoms with Crippen LogP contribution in [0.2, 0.25) is 0 Å². The van der Waals surface area contributed by atoms with Gasteiger partial charge >= 0.3 is 5.97 Å². The number of halogens is 1. The molecule has 0 fully saturated rings. The Morgan fingerprint density at radius 1 is 1.18 bits per heavy atom. The second-order valence-electron chi connectivity index (χ2n) is 7.74. The van der Waals surface area contributed by atoms with Crippen LogP contribution in [0.25, 0.3) is 0 Å². The number of ether oxygens (including phenoxy) is 1. The lowest BCUT2D eigenvalue weighted by atomic mass is 10.1. The summed E-state index contributed by atoms with van der Waals surface area (Å²) in [5, 5.41) is 13.6. The first-order valence-corrected chi connectivity index (χ1v) is 13.1. The van der Waals surface area contributed by atoms with Crippen LogP contribution in [0, 0.1) is 6.92 Å². The van der Waals surface area contributed by atoms with Crippen LogP contribution in [0.4, 0.5) is 0 Å². The lowest BCUT2D eigenvalue weighted by Gasteiger charge is -2.31. The topological polar surface area (TPSA) is 119 Å². The fourth-order valence-corrected chi connectivity index (χ4v) is 5.53. The van der Waals surface area contributed by atoms with Crippen molar-refractivity contribution in [1.29, 1.82) is 0 Å². The molecular formula is C22H23BrN2O6S2. The first-order chi connectivity index (χ1) is 15.5. The van der Waals surface area contributed by atoms with Gasteiger partial charge < -0.3 is 14.4 Å². The molecule has 8 nitrogen and oxygen atoms in total. The highest BCUT2D eigenvalue weighted by molar-refractivity contribution is 9.10. The molecular weight excluding hydrogens is 532 g/mol. The van der Waals surface area contributed by atoms with Crippen LogP contribution in [0.15, 0.2) is 68.5 Å². The first kappa shape index (κ1) is 25.3. The van der Waals surface area contributed by atoms with Crippen LogP contribution >= 0.6 is 27.7 Å². The van der Waals surface area contributed by atoms with E-state index in [-0.39, 0.29) is 4.90 Å². The largest absolute Gasteiger partial charge is 0.480 e. The maximum atomic E-state index is 12.9. The number of nitrogens with one attached hydrogen (secondary N) is 1. The monoisotopic (exact) mass is 554 g/mol. The minimum Gasteiger partial charge on any atom is -0.480 e. The van der Waals surface area contributed by atoms with Crippen molar-refractivity contribution in [2.24, 2.45) is 0 Å². The molecule has 0 amide bonds. The molecule has 11 heteroatoms. The van der Waals surface area contributed by atoms with Crippen molar-refractivity contribution in [3.63, 3.8) is 0 Å². The van der Waals surface area contributed by atoms with Gasteiger partial charge in [-0.25, -0.2) is 8.42 Å². The van der Waals surface area contributed by atoms with Gasteiger partial charge in [0, 0.05) is 21.0 Å². The Bertz CT molecular complexity index is 1210. The second kappa shape index (κ2) is 10.3. The Labute approximate surface area is 204 Å². The minimum absolute atomic E-state index is 0.0650. The molecule has 0 aliphatic carbocycles. The van der Waals surface area contributed by atoms with E-state index < -0.39 is 26.8 Å². The van der Waals surface area contributed by atoms with Crippen LogP contribution in [0.1, 0.15) is 25.3 Å². The number of carboxylic acids is 1. The third-order valence-electron chi connectivity index (χ3n) is 4.67. The molecule has 0 aliphatic heterocycles. The predicted molar refractivity (Wildman–Crippen MR) is 129 cm³/mol. The number of thioether (sulfide) groups is 1. The smallest absolute Gasteiger partial charge is 0.323 e. The summed E-state index contributed by atoms with van der Waals surface area (Å²) in [7, 11) is -4.10. The Kier molecular flexibility index (Phi) is 7.88. The Morgan fingerprint density at radius 3 is 2.27 bits per heavy atom. The van der Waals surface area contributed by atoms with Crippen LogP contribution < -0.4 is 9.46 Å². The molecule has 33 heavy (non-hydrogen) atoms. The number of carboxylic acid groups (broad SMARTS) is 1. The summed E-state index contributed by atoms with van der Waals surface area (Å²) in [5.41, 5.74) is 0.652. The third kappa shape index (κ3) is 6.83. The number of hydrogen-bond donors (Lipinski definition) is 2. The van der Waals surface area contributed by atoms with Crippen molar-refractivity contribution in [2.75, 3.05) is 0 Å². The molecule has 176 valence electrons. The molecule has 0 aliphatic rings. The minimum atomic E-state index is -4.10. The maximum absolute atomic E-state index is 12.9. The van der Waals surface area contributed by atoms with Crippen molar-refractivity contribution in [1.82, 2.24) is 9.88 Å². The summed E-state index contributed by atoms with van der Waals surface area (Å²) in [5.74, 6) is 0.788. The number of carbonyl (C=O) groups is 1. The number of benzene rings is 2. The van der Waals surface area contributed by atoms with E-state index in [9.17, 15) is 18.3 Å². The Balaban J connectivity index is 1.71. The van der Waals surface area contributed by atoms with E-state index in [1.54, 1.807) is 39.0 Å². The van der Waals surface area contributed by atoms with Gasteiger partial charge in [-0.05, 0) is 69.3 Å². The van der Waals surface area contributed by atoms with Crippen LogP contribution in [-0.2, 0) is 20.6 Å². The van der Waals surface area contributed by atoms with Crippen molar-refractivity contribution < 1.29 is 27.6 Å². The lowest BCUT2D eigenvalue weighted by molar-refractivity contribution is -0.139. The number of aryl methyl sites for hydroxylation is 1. The summed E-state index contributed by atoms with van der Waals surface area (Å²) in [6, 6.07) is 13.3. The zero-order chi connectivity index (χ0) is 24.2. The highest BCUT2D eigenvalue weighted by Gasteiger charge is 2.39. The maximum Gasteiger partial charge on any atom is 0.323 e. The highest BCUT2D eigenvalue weighted by Crippen LogP contribution is 2.32. The molecule has 0 saturated heterocycles. The second-order valence-corrected chi connectivity index (χ2v) is 12.0. The van der Waals surface area contributed by atoms with E-state index in [0.717, 1.165) is 4.47 Å². The van der Waals surface area contributed by atoms with Crippen molar-refractivity contribution in [2.45, 2.75) is 42.2 Å². The molecule has 1 aromatic heterocycles. The fraction of sp³-hybridized carbons (Fsp3) is 0.273. The number of aromatic nitrogens is 1. The Morgan fingerprint density at radius 2 is 1.76 bits per heavy atom. The fourth-order valence-electron chi connectivity index (χ4n) is 2.87. The highest BCUT2D eigenvalue weighted by atomic mass is 79.9. The summed E-state index contributed by atoms with van der Waals surface area (Å²) in [6.07, 6.45) is 0.